The molecule has 0 radical (unpaired) electrons. The summed E-state index contributed by atoms with van der Waals surface area (Å²) in [7, 11) is 0. The Hall–Kier alpha value is -1.95. The van der Waals surface area contributed by atoms with Gasteiger partial charge in [-0.15, -0.1) is 0 Å². The quantitative estimate of drug-likeness (QED) is 0.887. The van der Waals surface area contributed by atoms with Crippen molar-refractivity contribution in [2.75, 3.05) is 18.1 Å². The Labute approximate surface area is 134 Å². The zero-order valence-electron chi connectivity index (χ0n) is 12.3. The molecule has 1 unspecified atom stereocenters. The summed E-state index contributed by atoms with van der Waals surface area (Å²) in [5, 5.41) is 2.89. The molecular weight excluding hydrogens is 298 g/mol. The van der Waals surface area contributed by atoms with Gasteiger partial charge in [-0.25, -0.2) is 4.98 Å². The van der Waals surface area contributed by atoms with Crippen LogP contribution in [0.1, 0.15) is 16.8 Å². The molecule has 0 bridgehead atoms. The van der Waals surface area contributed by atoms with Crippen molar-refractivity contribution in [3.05, 3.63) is 48.4 Å². The molecule has 3 rings (SSSR count). The van der Waals surface area contributed by atoms with Gasteiger partial charge in [-0.05, 0) is 30.4 Å². The Morgan fingerprint density at radius 1 is 1.41 bits per heavy atom. The van der Waals surface area contributed by atoms with E-state index in [0.29, 0.717) is 18.0 Å². The maximum Gasteiger partial charge on any atom is 0.252 e. The molecule has 1 N–H and O–H groups in total. The SMILES string of the molecule is O=C(NCCn1cccc1)c1ccc(OC2CCSC2)nc1. The lowest BCUT2D eigenvalue weighted by Gasteiger charge is -2.11. The second-order valence-electron chi connectivity index (χ2n) is 5.17. The van der Waals surface area contributed by atoms with E-state index in [1.54, 1.807) is 18.3 Å². The molecule has 1 amide bonds. The van der Waals surface area contributed by atoms with Crippen molar-refractivity contribution >= 4 is 17.7 Å². The van der Waals surface area contributed by atoms with Crippen molar-refractivity contribution in [1.29, 1.82) is 0 Å². The summed E-state index contributed by atoms with van der Waals surface area (Å²) in [6, 6.07) is 7.46. The van der Waals surface area contributed by atoms with Crippen molar-refractivity contribution in [3.8, 4) is 5.88 Å². The summed E-state index contributed by atoms with van der Waals surface area (Å²) in [6.45, 7) is 1.35. The second-order valence-corrected chi connectivity index (χ2v) is 6.32. The molecule has 5 nitrogen and oxygen atoms in total. The Morgan fingerprint density at radius 3 is 2.95 bits per heavy atom. The Bertz CT molecular complexity index is 592. The lowest BCUT2D eigenvalue weighted by Crippen LogP contribution is -2.27. The highest BCUT2D eigenvalue weighted by atomic mass is 32.2. The fourth-order valence-electron chi connectivity index (χ4n) is 2.28. The summed E-state index contributed by atoms with van der Waals surface area (Å²) in [5.74, 6) is 2.65. The Balaban J connectivity index is 1.47. The first-order valence-electron chi connectivity index (χ1n) is 7.41. The first kappa shape index (κ1) is 15.0. The minimum atomic E-state index is -0.109. The molecule has 1 aliphatic heterocycles. The fourth-order valence-corrected chi connectivity index (χ4v) is 3.37. The van der Waals surface area contributed by atoms with Gasteiger partial charge in [0.2, 0.25) is 5.88 Å². The zero-order valence-corrected chi connectivity index (χ0v) is 13.1. The molecule has 1 aliphatic rings. The van der Waals surface area contributed by atoms with Gasteiger partial charge in [0.25, 0.3) is 5.91 Å². The van der Waals surface area contributed by atoms with Crippen LogP contribution in [0.15, 0.2) is 42.9 Å². The molecule has 22 heavy (non-hydrogen) atoms. The van der Waals surface area contributed by atoms with Crippen molar-refractivity contribution in [1.82, 2.24) is 14.9 Å². The average Bonchev–Trinajstić information content (AvgIpc) is 3.21. The van der Waals surface area contributed by atoms with E-state index in [-0.39, 0.29) is 12.0 Å². The summed E-state index contributed by atoms with van der Waals surface area (Å²) in [5.41, 5.74) is 0.556. The van der Waals surface area contributed by atoms with Gasteiger partial charge in [0, 0.05) is 43.5 Å². The first-order valence-corrected chi connectivity index (χ1v) is 8.56. The molecule has 0 saturated carbocycles. The van der Waals surface area contributed by atoms with E-state index < -0.39 is 0 Å². The maximum atomic E-state index is 12.0. The maximum absolute atomic E-state index is 12.0. The van der Waals surface area contributed by atoms with E-state index in [0.717, 1.165) is 24.5 Å². The number of hydrogen-bond donors (Lipinski definition) is 1. The molecule has 1 atom stereocenters. The number of carbonyl (C=O) groups is 1. The van der Waals surface area contributed by atoms with E-state index in [2.05, 4.69) is 10.3 Å². The molecule has 116 valence electrons. The number of thioether (sulfide) groups is 1. The van der Waals surface area contributed by atoms with Crippen molar-refractivity contribution < 1.29 is 9.53 Å². The van der Waals surface area contributed by atoms with Gasteiger partial charge in [0.05, 0.1) is 5.56 Å². The third-order valence-corrected chi connectivity index (χ3v) is 4.63. The smallest absolute Gasteiger partial charge is 0.252 e. The summed E-state index contributed by atoms with van der Waals surface area (Å²) < 4.78 is 7.80. The monoisotopic (exact) mass is 317 g/mol. The third kappa shape index (κ3) is 4.04. The van der Waals surface area contributed by atoms with Crippen LogP contribution in [0.2, 0.25) is 0 Å². The van der Waals surface area contributed by atoms with Crippen LogP contribution in [0.4, 0.5) is 0 Å². The van der Waals surface area contributed by atoms with Gasteiger partial charge in [0.15, 0.2) is 0 Å². The van der Waals surface area contributed by atoms with Gasteiger partial charge in [0.1, 0.15) is 6.10 Å². The number of nitrogens with zero attached hydrogens (tertiary/aromatic N) is 2. The average molecular weight is 317 g/mol. The van der Waals surface area contributed by atoms with Gasteiger partial charge in [-0.2, -0.15) is 11.8 Å². The zero-order chi connectivity index (χ0) is 15.2. The minimum Gasteiger partial charge on any atom is -0.473 e. The number of carbonyl (C=O) groups excluding carboxylic acids is 1. The molecule has 1 fully saturated rings. The molecule has 0 aromatic carbocycles. The second kappa shape index (κ2) is 7.35. The number of pyridine rings is 1. The van der Waals surface area contributed by atoms with Crippen LogP contribution in [-0.2, 0) is 6.54 Å². The molecule has 0 spiro atoms. The lowest BCUT2D eigenvalue weighted by atomic mass is 10.2. The van der Waals surface area contributed by atoms with E-state index in [1.165, 1.54) is 0 Å². The van der Waals surface area contributed by atoms with Crippen molar-refractivity contribution in [2.45, 2.75) is 19.1 Å². The molecule has 3 heterocycles. The van der Waals surface area contributed by atoms with Gasteiger partial charge < -0.3 is 14.6 Å². The molecule has 2 aromatic rings. The number of rotatable bonds is 6. The molecule has 6 heteroatoms. The predicted molar refractivity (Wildman–Crippen MR) is 87.4 cm³/mol. The summed E-state index contributed by atoms with van der Waals surface area (Å²) in [4.78, 5) is 16.2. The Morgan fingerprint density at radius 2 is 2.27 bits per heavy atom. The highest BCUT2D eigenvalue weighted by molar-refractivity contribution is 7.99. The molecular formula is C16H19N3O2S. The van der Waals surface area contributed by atoms with E-state index in [4.69, 9.17) is 4.74 Å². The summed E-state index contributed by atoms with van der Waals surface area (Å²) in [6.07, 6.45) is 6.83. The number of nitrogens with one attached hydrogen (secondary N) is 1. The van der Waals surface area contributed by atoms with Crippen LogP contribution in [0, 0.1) is 0 Å². The first-order chi connectivity index (χ1) is 10.8. The normalized spacial score (nSPS) is 17.4. The van der Waals surface area contributed by atoms with E-state index >= 15 is 0 Å². The van der Waals surface area contributed by atoms with Gasteiger partial charge >= 0.3 is 0 Å². The predicted octanol–water partition coefficient (Wildman–Crippen LogP) is 2.20. The number of ether oxygens (including phenoxy) is 1. The van der Waals surface area contributed by atoms with Gasteiger partial charge in [-0.3, -0.25) is 4.79 Å². The van der Waals surface area contributed by atoms with Crippen LogP contribution < -0.4 is 10.1 Å². The van der Waals surface area contributed by atoms with E-state index in [1.807, 2.05) is 40.9 Å². The molecule has 2 aromatic heterocycles. The topological polar surface area (TPSA) is 56.2 Å². The Kier molecular flexibility index (Phi) is 5.00. The van der Waals surface area contributed by atoms with Crippen molar-refractivity contribution in [3.63, 3.8) is 0 Å². The lowest BCUT2D eigenvalue weighted by molar-refractivity contribution is 0.0952. The highest BCUT2D eigenvalue weighted by Crippen LogP contribution is 2.21. The van der Waals surface area contributed by atoms with Crippen LogP contribution >= 0.6 is 11.8 Å². The molecule has 0 aliphatic carbocycles. The van der Waals surface area contributed by atoms with Gasteiger partial charge in [-0.1, -0.05) is 0 Å². The summed E-state index contributed by atoms with van der Waals surface area (Å²) >= 11 is 1.90. The number of hydrogen-bond acceptors (Lipinski definition) is 4. The van der Waals surface area contributed by atoms with Crippen molar-refractivity contribution in [2.24, 2.45) is 0 Å². The van der Waals surface area contributed by atoms with Crippen LogP contribution in [0.5, 0.6) is 5.88 Å². The highest BCUT2D eigenvalue weighted by Gasteiger charge is 2.17. The van der Waals surface area contributed by atoms with Crippen LogP contribution in [0.25, 0.3) is 0 Å². The number of aromatic nitrogens is 2. The largest absolute Gasteiger partial charge is 0.473 e. The molecule has 1 saturated heterocycles. The third-order valence-electron chi connectivity index (χ3n) is 3.50. The fraction of sp³-hybridized carbons (Fsp3) is 0.375. The number of amides is 1. The van der Waals surface area contributed by atoms with Crippen LogP contribution in [0.3, 0.4) is 0 Å². The standard InChI is InChI=1S/C16H19N3O2S/c20-16(17-6-9-19-7-1-2-8-19)13-3-4-15(18-11-13)21-14-5-10-22-12-14/h1-4,7-8,11,14H,5-6,9-10,12H2,(H,17,20). The van der Waals surface area contributed by atoms with E-state index in [9.17, 15) is 4.79 Å². The minimum absolute atomic E-state index is 0.109. The van der Waals surface area contributed by atoms with Crippen LogP contribution in [-0.4, -0.2) is 39.6 Å².